The summed E-state index contributed by atoms with van der Waals surface area (Å²) in [6.07, 6.45) is -4.33. The second-order valence-corrected chi connectivity index (χ2v) is 4.18. The number of hydrogen-bond donors (Lipinski definition) is 0. The van der Waals surface area contributed by atoms with Crippen molar-refractivity contribution in [3.05, 3.63) is 48.0 Å². The van der Waals surface area contributed by atoms with Gasteiger partial charge >= 0.3 is 6.18 Å². The number of benzene rings is 2. The van der Waals surface area contributed by atoms with E-state index >= 15 is 0 Å². The molecule has 2 aromatic carbocycles. The van der Waals surface area contributed by atoms with Crippen LogP contribution in [0, 0.1) is 0 Å². The third-order valence-corrected chi connectivity index (χ3v) is 2.90. The molecule has 0 N–H and O–H groups in total. The van der Waals surface area contributed by atoms with Gasteiger partial charge in [0.1, 0.15) is 11.5 Å². The van der Waals surface area contributed by atoms with Gasteiger partial charge in [0.25, 0.3) is 0 Å². The average molecular weight is 282 g/mol. The zero-order valence-electron chi connectivity index (χ0n) is 11.0. The monoisotopic (exact) mass is 282 g/mol. The zero-order valence-corrected chi connectivity index (χ0v) is 11.0. The van der Waals surface area contributed by atoms with Gasteiger partial charge in [-0.05, 0) is 35.4 Å². The lowest BCUT2D eigenvalue weighted by Crippen LogP contribution is -2.04. The molecule has 0 amide bonds. The maximum atomic E-state index is 12.5. The van der Waals surface area contributed by atoms with E-state index in [4.69, 9.17) is 9.47 Å². The van der Waals surface area contributed by atoms with Gasteiger partial charge in [-0.15, -0.1) is 0 Å². The Morgan fingerprint density at radius 2 is 1.25 bits per heavy atom. The first-order valence-electron chi connectivity index (χ1n) is 5.85. The fraction of sp³-hybridized carbons (Fsp3) is 0.200. The van der Waals surface area contributed by atoms with Crippen LogP contribution in [0.15, 0.2) is 42.5 Å². The molecule has 0 aromatic heterocycles. The Labute approximate surface area is 114 Å². The van der Waals surface area contributed by atoms with Crippen molar-refractivity contribution in [3.8, 4) is 22.6 Å². The summed E-state index contributed by atoms with van der Waals surface area (Å²) < 4.78 is 47.8. The van der Waals surface area contributed by atoms with Crippen molar-refractivity contribution in [2.45, 2.75) is 6.18 Å². The number of alkyl halides is 3. The fourth-order valence-electron chi connectivity index (χ4n) is 1.83. The molecule has 2 aromatic rings. The van der Waals surface area contributed by atoms with Crippen LogP contribution in [0.3, 0.4) is 0 Å². The Kier molecular flexibility index (Phi) is 3.88. The van der Waals surface area contributed by atoms with Crippen LogP contribution in [0.2, 0.25) is 0 Å². The fourth-order valence-corrected chi connectivity index (χ4v) is 1.83. The van der Waals surface area contributed by atoms with E-state index in [0.717, 1.165) is 17.7 Å². The summed E-state index contributed by atoms with van der Waals surface area (Å²) in [5.74, 6) is 1.17. The van der Waals surface area contributed by atoms with Gasteiger partial charge in [0.2, 0.25) is 0 Å². The van der Waals surface area contributed by atoms with Gasteiger partial charge in [-0.3, -0.25) is 0 Å². The van der Waals surface area contributed by atoms with Crippen molar-refractivity contribution < 1.29 is 22.6 Å². The van der Waals surface area contributed by atoms with E-state index in [1.54, 1.807) is 18.2 Å². The largest absolute Gasteiger partial charge is 0.497 e. The van der Waals surface area contributed by atoms with Crippen molar-refractivity contribution in [3.63, 3.8) is 0 Å². The van der Waals surface area contributed by atoms with E-state index in [1.807, 2.05) is 0 Å². The van der Waals surface area contributed by atoms with E-state index in [-0.39, 0.29) is 0 Å². The minimum Gasteiger partial charge on any atom is -0.497 e. The summed E-state index contributed by atoms with van der Waals surface area (Å²) in [5, 5.41) is 0. The minimum absolute atomic E-state index is 0.583. The molecular weight excluding hydrogens is 269 g/mol. The molecule has 0 saturated carbocycles. The Morgan fingerprint density at radius 1 is 0.750 bits per heavy atom. The topological polar surface area (TPSA) is 18.5 Å². The van der Waals surface area contributed by atoms with Gasteiger partial charge in [-0.25, -0.2) is 0 Å². The highest BCUT2D eigenvalue weighted by atomic mass is 19.4. The molecule has 0 atom stereocenters. The Bertz CT molecular complexity index is 567. The highest BCUT2D eigenvalue weighted by Gasteiger charge is 2.29. The molecule has 106 valence electrons. The van der Waals surface area contributed by atoms with Crippen molar-refractivity contribution in [1.82, 2.24) is 0 Å². The number of halogens is 3. The first kappa shape index (κ1) is 14.2. The van der Waals surface area contributed by atoms with Crippen LogP contribution in [-0.4, -0.2) is 14.2 Å². The van der Waals surface area contributed by atoms with Crippen LogP contribution >= 0.6 is 0 Å². The summed E-state index contributed by atoms with van der Waals surface area (Å²) in [5.41, 5.74) is 0.723. The molecule has 2 nitrogen and oxygen atoms in total. The Balaban J connectivity index is 2.41. The van der Waals surface area contributed by atoms with Crippen molar-refractivity contribution >= 4 is 0 Å². The van der Waals surface area contributed by atoms with Gasteiger partial charge in [0.05, 0.1) is 19.8 Å². The smallest absolute Gasteiger partial charge is 0.416 e. The number of rotatable bonds is 3. The first-order chi connectivity index (χ1) is 9.44. The summed E-state index contributed by atoms with van der Waals surface area (Å²) in [4.78, 5) is 0. The highest BCUT2D eigenvalue weighted by molar-refractivity contribution is 5.67. The number of ether oxygens (including phenoxy) is 2. The van der Waals surface area contributed by atoms with Crippen molar-refractivity contribution in [2.24, 2.45) is 0 Å². The van der Waals surface area contributed by atoms with E-state index in [0.29, 0.717) is 17.1 Å². The van der Waals surface area contributed by atoms with E-state index in [9.17, 15) is 13.2 Å². The molecular formula is C15H13F3O2. The van der Waals surface area contributed by atoms with E-state index in [1.165, 1.54) is 26.4 Å². The van der Waals surface area contributed by atoms with Crippen LogP contribution in [0.5, 0.6) is 11.5 Å². The summed E-state index contributed by atoms with van der Waals surface area (Å²) in [6, 6.07) is 10.2. The van der Waals surface area contributed by atoms with E-state index < -0.39 is 11.7 Å². The Hall–Kier alpha value is -2.17. The summed E-state index contributed by atoms with van der Waals surface area (Å²) in [7, 11) is 3.04. The molecule has 0 saturated heterocycles. The van der Waals surface area contributed by atoms with Gasteiger partial charge in [0.15, 0.2) is 0 Å². The molecule has 0 unspecified atom stereocenters. The lowest BCUT2D eigenvalue weighted by atomic mass is 10.0. The van der Waals surface area contributed by atoms with Crippen LogP contribution in [0.25, 0.3) is 11.1 Å². The number of hydrogen-bond acceptors (Lipinski definition) is 2. The first-order valence-corrected chi connectivity index (χ1v) is 5.85. The molecule has 20 heavy (non-hydrogen) atoms. The lowest BCUT2D eigenvalue weighted by molar-refractivity contribution is -0.137. The molecule has 0 radical (unpaired) electrons. The minimum atomic E-state index is -4.33. The molecule has 0 aliphatic heterocycles. The van der Waals surface area contributed by atoms with Gasteiger partial charge in [-0.2, -0.15) is 13.2 Å². The SMILES string of the molecule is COc1cc(OC)cc(-c2ccc(C(F)(F)F)cc2)c1. The molecule has 2 rings (SSSR count). The van der Waals surface area contributed by atoms with Crippen LogP contribution < -0.4 is 9.47 Å². The summed E-state index contributed by atoms with van der Waals surface area (Å²) in [6.45, 7) is 0. The second kappa shape index (κ2) is 5.45. The van der Waals surface area contributed by atoms with Gasteiger partial charge in [-0.1, -0.05) is 12.1 Å². The third kappa shape index (κ3) is 3.04. The average Bonchev–Trinajstić information content (AvgIpc) is 2.46. The Morgan fingerprint density at radius 3 is 1.65 bits per heavy atom. The maximum Gasteiger partial charge on any atom is 0.416 e. The molecule has 5 heteroatoms. The van der Waals surface area contributed by atoms with Crippen molar-refractivity contribution in [1.29, 1.82) is 0 Å². The predicted molar refractivity (Wildman–Crippen MR) is 70.0 cm³/mol. The second-order valence-electron chi connectivity index (χ2n) is 4.18. The molecule has 0 fully saturated rings. The lowest BCUT2D eigenvalue weighted by Gasteiger charge is -2.10. The third-order valence-electron chi connectivity index (χ3n) is 2.90. The van der Waals surface area contributed by atoms with Crippen molar-refractivity contribution in [2.75, 3.05) is 14.2 Å². The molecule has 0 bridgehead atoms. The zero-order chi connectivity index (χ0) is 14.8. The quantitative estimate of drug-likeness (QED) is 0.831. The van der Waals surface area contributed by atoms with Crippen LogP contribution in [0.4, 0.5) is 13.2 Å². The molecule has 0 heterocycles. The molecule has 0 aliphatic rings. The predicted octanol–water partition coefficient (Wildman–Crippen LogP) is 4.39. The molecule has 0 spiro atoms. The van der Waals surface area contributed by atoms with Crippen LogP contribution in [0.1, 0.15) is 5.56 Å². The number of methoxy groups -OCH3 is 2. The standard InChI is InChI=1S/C15H13F3O2/c1-19-13-7-11(8-14(9-13)20-2)10-3-5-12(6-4-10)15(16,17)18/h3-9H,1-2H3. The highest BCUT2D eigenvalue weighted by Crippen LogP contribution is 2.33. The summed E-state index contributed by atoms with van der Waals surface area (Å²) >= 11 is 0. The van der Waals surface area contributed by atoms with Crippen LogP contribution in [-0.2, 0) is 6.18 Å². The van der Waals surface area contributed by atoms with Gasteiger partial charge in [0, 0.05) is 6.07 Å². The maximum absolute atomic E-state index is 12.5. The normalized spacial score (nSPS) is 11.2. The van der Waals surface area contributed by atoms with E-state index in [2.05, 4.69) is 0 Å². The molecule has 0 aliphatic carbocycles. The van der Waals surface area contributed by atoms with Gasteiger partial charge < -0.3 is 9.47 Å².